The van der Waals surface area contributed by atoms with E-state index in [0.717, 1.165) is 5.57 Å². The van der Waals surface area contributed by atoms with Crippen LogP contribution in [0.3, 0.4) is 0 Å². The number of rotatable bonds is 3. The Kier molecular flexibility index (Phi) is 19.1. The Morgan fingerprint density at radius 2 is 1.69 bits per heavy atom. The van der Waals surface area contributed by atoms with Gasteiger partial charge in [0.15, 0.2) is 0 Å². The number of aliphatic hydroxyl groups is 1. The summed E-state index contributed by atoms with van der Waals surface area (Å²) < 4.78 is 21.8. The van der Waals surface area contributed by atoms with E-state index >= 15 is 0 Å². The molecule has 0 amide bonds. The monoisotopic (exact) mass is 240 g/mol. The molecule has 0 fully saturated rings. The minimum absolute atomic E-state index is 0. The first-order valence-corrected chi connectivity index (χ1v) is 5.20. The SMILES string of the molecule is C=C(C)CO.O=[PH]([O-])O[PH](=O)[O-].[Mg+2]. The summed E-state index contributed by atoms with van der Waals surface area (Å²) in [5, 5.41) is 8.04. The third kappa shape index (κ3) is 32.3. The third-order valence-corrected chi connectivity index (χ3v) is 1.77. The van der Waals surface area contributed by atoms with Gasteiger partial charge in [-0.15, -0.1) is 0 Å². The molecule has 0 bridgehead atoms. The van der Waals surface area contributed by atoms with E-state index in [1.165, 1.54) is 0 Å². The second kappa shape index (κ2) is 12.8. The second-order valence-corrected chi connectivity index (χ2v) is 3.53. The first kappa shape index (κ1) is 19.4. The van der Waals surface area contributed by atoms with E-state index in [4.69, 9.17) is 5.11 Å². The average molecular weight is 240 g/mol. The summed E-state index contributed by atoms with van der Waals surface area (Å²) in [6, 6.07) is 0. The Morgan fingerprint density at radius 1 is 1.46 bits per heavy atom. The zero-order valence-electron chi connectivity index (χ0n) is 7.11. The molecule has 6 nitrogen and oxygen atoms in total. The van der Waals surface area contributed by atoms with Crippen molar-refractivity contribution >= 4 is 39.6 Å². The maximum Gasteiger partial charge on any atom is 2.00 e. The summed E-state index contributed by atoms with van der Waals surface area (Å²) in [5.74, 6) is 0. The van der Waals surface area contributed by atoms with Gasteiger partial charge >= 0.3 is 23.1 Å². The van der Waals surface area contributed by atoms with E-state index in [9.17, 15) is 18.9 Å². The van der Waals surface area contributed by atoms with Crippen molar-refractivity contribution in [3.8, 4) is 0 Å². The van der Waals surface area contributed by atoms with Gasteiger partial charge in [-0.2, -0.15) is 0 Å². The Balaban J connectivity index is -0.000000150. The molecule has 0 aliphatic carbocycles. The van der Waals surface area contributed by atoms with E-state index < -0.39 is 16.5 Å². The fraction of sp³-hybridized carbons (Fsp3) is 0.500. The molecule has 0 spiro atoms. The van der Waals surface area contributed by atoms with Crippen molar-refractivity contribution in [2.75, 3.05) is 6.61 Å². The van der Waals surface area contributed by atoms with Crippen molar-refractivity contribution < 1.29 is 28.3 Å². The van der Waals surface area contributed by atoms with Crippen LogP contribution in [0, 0.1) is 0 Å². The summed E-state index contributed by atoms with van der Waals surface area (Å²) in [6.45, 7) is 5.31. The van der Waals surface area contributed by atoms with Crippen LogP contribution in [0.1, 0.15) is 6.92 Å². The minimum atomic E-state index is -3.51. The maximum absolute atomic E-state index is 9.29. The van der Waals surface area contributed by atoms with Crippen LogP contribution in [-0.4, -0.2) is 34.8 Å². The van der Waals surface area contributed by atoms with Crippen LogP contribution in [0.5, 0.6) is 0 Å². The van der Waals surface area contributed by atoms with Crippen LogP contribution in [-0.2, 0) is 13.4 Å². The molecule has 2 atom stereocenters. The number of hydrogen-bond donors (Lipinski definition) is 1. The van der Waals surface area contributed by atoms with Gasteiger partial charge in [0.05, 0.1) is 6.61 Å². The van der Waals surface area contributed by atoms with Crippen molar-refractivity contribution in [3.63, 3.8) is 0 Å². The minimum Gasteiger partial charge on any atom is -0.781 e. The fourth-order valence-corrected chi connectivity index (χ4v) is 0.612. The standard InChI is InChI=1S/C4H8O.Mg.H4O5P2/c1-4(2)3-5;;1-6(2)5-7(3)4/h5H,1,3H2,2H3;;6-7H,(H,1,2)(H,3,4)/q;+2;/p-2. The molecular weight excluding hydrogens is 230 g/mol. The van der Waals surface area contributed by atoms with Gasteiger partial charge in [0.25, 0.3) is 0 Å². The van der Waals surface area contributed by atoms with Gasteiger partial charge in [0.2, 0.25) is 0 Å². The third-order valence-electron chi connectivity index (χ3n) is 0.437. The Labute approximate surface area is 93.7 Å². The molecule has 0 aromatic rings. The summed E-state index contributed by atoms with van der Waals surface area (Å²) in [7, 11) is -7.03. The van der Waals surface area contributed by atoms with Gasteiger partial charge in [-0.3, -0.25) is 4.31 Å². The fourth-order valence-electron chi connectivity index (χ4n) is 0.0680. The topological polar surface area (TPSA) is 110 Å². The molecule has 0 radical (unpaired) electrons. The van der Waals surface area contributed by atoms with Crippen molar-refractivity contribution in [2.24, 2.45) is 0 Å². The first-order chi connectivity index (χ1) is 5.40. The van der Waals surface area contributed by atoms with Gasteiger partial charge in [0, 0.05) is 0 Å². The summed E-state index contributed by atoms with van der Waals surface area (Å²) in [5.41, 5.74) is 0.810. The molecule has 0 saturated carbocycles. The van der Waals surface area contributed by atoms with E-state index in [1.54, 1.807) is 6.92 Å². The van der Waals surface area contributed by atoms with E-state index in [0.29, 0.717) is 0 Å². The van der Waals surface area contributed by atoms with Crippen LogP contribution in [0.4, 0.5) is 0 Å². The summed E-state index contributed by atoms with van der Waals surface area (Å²) >= 11 is 0. The largest absolute Gasteiger partial charge is 2.00 e. The molecule has 0 rings (SSSR count). The van der Waals surface area contributed by atoms with E-state index in [-0.39, 0.29) is 29.7 Å². The molecule has 0 aromatic carbocycles. The van der Waals surface area contributed by atoms with Gasteiger partial charge < -0.3 is 24.0 Å². The predicted molar refractivity (Wildman–Crippen MR) is 46.7 cm³/mol. The molecule has 9 heteroatoms. The molecule has 2 unspecified atom stereocenters. The summed E-state index contributed by atoms with van der Waals surface area (Å²) in [6.07, 6.45) is 0. The zero-order chi connectivity index (χ0) is 10.1. The second-order valence-electron chi connectivity index (χ2n) is 1.72. The quantitative estimate of drug-likeness (QED) is 0.372. The molecular formula is C4H10MgO6P2. The van der Waals surface area contributed by atoms with Crippen LogP contribution >= 0.6 is 16.5 Å². The van der Waals surface area contributed by atoms with Crippen LogP contribution in [0.25, 0.3) is 0 Å². The van der Waals surface area contributed by atoms with Gasteiger partial charge in [-0.05, 0) is 6.92 Å². The smallest absolute Gasteiger partial charge is 0.781 e. The predicted octanol–water partition coefficient (Wildman–Crippen LogP) is -1.32. The van der Waals surface area contributed by atoms with Gasteiger partial charge in [-0.25, -0.2) is 0 Å². The van der Waals surface area contributed by atoms with E-state index in [2.05, 4.69) is 10.9 Å². The molecule has 1 N–H and O–H groups in total. The van der Waals surface area contributed by atoms with Crippen LogP contribution in [0.15, 0.2) is 12.2 Å². The molecule has 0 heterocycles. The van der Waals surface area contributed by atoms with E-state index in [1.807, 2.05) is 0 Å². The number of hydrogen-bond acceptors (Lipinski definition) is 6. The van der Waals surface area contributed by atoms with Gasteiger partial charge in [-0.1, -0.05) is 12.2 Å². The molecule has 0 aromatic heterocycles. The molecule has 0 aliphatic rings. The zero-order valence-corrected chi connectivity index (χ0v) is 10.5. The van der Waals surface area contributed by atoms with Crippen LogP contribution in [0.2, 0.25) is 0 Å². The van der Waals surface area contributed by atoms with Crippen LogP contribution < -0.4 is 9.79 Å². The molecule has 0 aliphatic heterocycles. The average Bonchev–Trinajstić information content (AvgIpc) is 1.85. The Bertz CT molecular complexity index is 171. The Hall–Kier alpha value is 0.806. The molecule has 0 saturated heterocycles. The first-order valence-electron chi connectivity index (χ1n) is 2.75. The van der Waals surface area contributed by atoms with Gasteiger partial charge in [0.1, 0.15) is 16.5 Å². The molecule has 74 valence electrons. The van der Waals surface area contributed by atoms with Crippen molar-refractivity contribution in [3.05, 3.63) is 12.2 Å². The molecule has 13 heavy (non-hydrogen) atoms. The summed E-state index contributed by atoms with van der Waals surface area (Å²) in [4.78, 5) is 18.6. The number of aliphatic hydroxyl groups excluding tert-OH is 1. The Morgan fingerprint density at radius 3 is 1.69 bits per heavy atom. The maximum atomic E-state index is 9.29. The normalized spacial score (nSPS) is 12.9. The van der Waals surface area contributed by atoms with Crippen molar-refractivity contribution in [2.45, 2.75) is 6.92 Å². The van der Waals surface area contributed by atoms with Crippen molar-refractivity contribution in [1.29, 1.82) is 0 Å². The van der Waals surface area contributed by atoms with Crippen molar-refractivity contribution in [1.82, 2.24) is 0 Å².